The minimum atomic E-state index is 0.531. The normalized spacial score (nSPS) is 11.2. The molecule has 86 valence electrons. The number of fused-ring (bicyclic) bond motifs is 1. The van der Waals surface area contributed by atoms with Crippen LogP contribution in [-0.4, -0.2) is 15.0 Å². The van der Waals surface area contributed by atoms with Gasteiger partial charge in [-0.05, 0) is 18.4 Å². The number of aromatic amines is 1. The maximum atomic E-state index is 5.71. The quantitative estimate of drug-likeness (QED) is 0.824. The molecule has 0 saturated heterocycles. The first-order valence-electron chi connectivity index (χ1n) is 5.85. The summed E-state index contributed by atoms with van der Waals surface area (Å²) in [5, 5.41) is 1.12. The van der Waals surface area contributed by atoms with Crippen molar-refractivity contribution < 1.29 is 0 Å². The van der Waals surface area contributed by atoms with Crippen molar-refractivity contribution in [2.45, 2.75) is 39.7 Å². The summed E-state index contributed by atoms with van der Waals surface area (Å²) < 4.78 is 0. The van der Waals surface area contributed by atoms with Gasteiger partial charge in [0.2, 0.25) is 0 Å². The molecule has 3 N–H and O–H groups in total. The Morgan fingerprint density at radius 2 is 2.12 bits per heavy atom. The Morgan fingerprint density at radius 1 is 1.31 bits per heavy atom. The predicted molar refractivity (Wildman–Crippen MR) is 65.2 cm³/mol. The van der Waals surface area contributed by atoms with Crippen LogP contribution in [0.1, 0.15) is 37.4 Å². The number of aromatic nitrogens is 3. The zero-order valence-corrected chi connectivity index (χ0v) is 9.88. The van der Waals surface area contributed by atoms with Crippen molar-refractivity contribution in [3.63, 3.8) is 0 Å². The summed E-state index contributed by atoms with van der Waals surface area (Å²) in [6.07, 6.45) is 4.86. The molecule has 2 aromatic heterocycles. The van der Waals surface area contributed by atoms with Gasteiger partial charge in [-0.25, -0.2) is 9.97 Å². The Kier molecular flexibility index (Phi) is 3.19. The van der Waals surface area contributed by atoms with Gasteiger partial charge in [0.1, 0.15) is 11.5 Å². The molecule has 0 radical (unpaired) electrons. The lowest BCUT2D eigenvalue weighted by atomic mass is 10.1. The molecule has 0 saturated carbocycles. The van der Waals surface area contributed by atoms with E-state index in [0.717, 1.165) is 47.4 Å². The molecule has 0 fully saturated rings. The first-order chi connectivity index (χ1) is 7.80. The summed E-state index contributed by atoms with van der Waals surface area (Å²) in [7, 11) is 0. The summed E-state index contributed by atoms with van der Waals surface area (Å²) in [6.45, 7) is 4.79. The van der Waals surface area contributed by atoms with Crippen molar-refractivity contribution in [2.75, 3.05) is 0 Å². The van der Waals surface area contributed by atoms with E-state index in [1.807, 2.05) is 6.20 Å². The minimum Gasteiger partial charge on any atom is -0.346 e. The Balaban J connectivity index is 2.61. The highest BCUT2D eigenvalue weighted by Crippen LogP contribution is 2.20. The molecule has 4 heteroatoms. The summed E-state index contributed by atoms with van der Waals surface area (Å²) in [5.74, 6) is 0.928. The number of H-pyrrole nitrogens is 1. The van der Waals surface area contributed by atoms with Crippen LogP contribution < -0.4 is 5.73 Å². The molecule has 0 aliphatic carbocycles. The Labute approximate surface area is 95.3 Å². The van der Waals surface area contributed by atoms with E-state index >= 15 is 0 Å². The molecule has 0 atom stereocenters. The van der Waals surface area contributed by atoms with Crippen LogP contribution in [0.15, 0.2) is 6.20 Å². The van der Waals surface area contributed by atoms with Crippen LogP contribution in [0.4, 0.5) is 0 Å². The summed E-state index contributed by atoms with van der Waals surface area (Å²) in [6, 6.07) is 0. The number of hydrogen-bond donors (Lipinski definition) is 2. The third-order valence-electron chi connectivity index (χ3n) is 2.76. The maximum Gasteiger partial charge on any atom is 0.141 e. The lowest BCUT2D eigenvalue weighted by Gasteiger charge is -2.04. The van der Waals surface area contributed by atoms with E-state index in [1.165, 1.54) is 0 Å². The van der Waals surface area contributed by atoms with Gasteiger partial charge in [0.05, 0.1) is 5.69 Å². The van der Waals surface area contributed by atoms with Crippen molar-refractivity contribution >= 4 is 11.0 Å². The Bertz CT molecular complexity index is 487. The highest BCUT2D eigenvalue weighted by atomic mass is 15.0. The van der Waals surface area contributed by atoms with Crippen LogP contribution >= 0.6 is 0 Å². The second-order valence-electron chi connectivity index (χ2n) is 3.93. The molecule has 0 aliphatic rings. The van der Waals surface area contributed by atoms with Crippen molar-refractivity contribution in [3.8, 4) is 0 Å². The fraction of sp³-hybridized carbons (Fsp3) is 0.500. The predicted octanol–water partition coefficient (Wildman–Crippen LogP) is 1.93. The molecule has 0 unspecified atom stereocenters. The second-order valence-corrected chi connectivity index (χ2v) is 3.93. The third-order valence-corrected chi connectivity index (χ3v) is 2.76. The van der Waals surface area contributed by atoms with Gasteiger partial charge in [-0.3, -0.25) is 0 Å². The lowest BCUT2D eigenvalue weighted by molar-refractivity contribution is 0.825. The molecule has 0 bridgehead atoms. The average Bonchev–Trinajstić information content (AvgIpc) is 2.71. The van der Waals surface area contributed by atoms with Crippen LogP contribution in [0.3, 0.4) is 0 Å². The first-order valence-corrected chi connectivity index (χ1v) is 5.85. The van der Waals surface area contributed by atoms with E-state index in [-0.39, 0.29) is 0 Å². The zero-order chi connectivity index (χ0) is 11.5. The van der Waals surface area contributed by atoms with Gasteiger partial charge in [0.15, 0.2) is 0 Å². The molecule has 0 amide bonds. The van der Waals surface area contributed by atoms with E-state index in [1.54, 1.807) is 0 Å². The summed E-state index contributed by atoms with van der Waals surface area (Å²) in [4.78, 5) is 12.3. The SMILES string of the molecule is CCCc1nc(CC)c2c(CN)c[nH]c2n1. The van der Waals surface area contributed by atoms with Crippen LogP contribution in [0.25, 0.3) is 11.0 Å². The lowest BCUT2D eigenvalue weighted by Crippen LogP contribution is -2.02. The fourth-order valence-electron chi connectivity index (χ4n) is 1.98. The number of rotatable bonds is 4. The van der Waals surface area contributed by atoms with E-state index < -0.39 is 0 Å². The van der Waals surface area contributed by atoms with Gasteiger partial charge in [0, 0.05) is 24.5 Å². The first kappa shape index (κ1) is 11.1. The standard InChI is InChI=1S/C12H18N4/c1-3-5-10-15-9(4-2)11-8(6-13)7-14-12(11)16-10/h7H,3-6,13H2,1-2H3,(H,14,15,16). The molecule has 0 spiro atoms. The van der Waals surface area contributed by atoms with Crippen LogP contribution in [0.2, 0.25) is 0 Å². The second kappa shape index (κ2) is 4.61. The zero-order valence-electron chi connectivity index (χ0n) is 9.88. The minimum absolute atomic E-state index is 0.531. The van der Waals surface area contributed by atoms with Gasteiger partial charge in [-0.2, -0.15) is 0 Å². The van der Waals surface area contributed by atoms with Gasteiger partial charge in [0.25, 0.3) is 0 Å². The highest BCUT2D eigenvalue weighted by Gasteiger charge is 2.11. The molecule has 2 heterocycles. The molecule has 0 aliphatic heterocycles. The Hall–Kier alpha value is -1.42. The Morgan fingerprint density at radius 3 is 2.75 bits per heavy atom. The topological polar surface area (TPSA) is 67.6 Å². The number of nitrogens with two attached hydrogens (primary N) is 1. The fourth-order valence-corrected chi connectivity index (χ4v) is 1.98. The van der Waals surface area contributed by atoms with Crippen LogP contribution in [0.5, 0.6) is 0 Å². The van der Waals surface area contributed by atoms with E-state index in [9.17, 15) is 0 Å². The van der Waals surface area contributed by atoms with Crippen molar-refractivity contribution in [2.24, 2.45) is 5.73 Å². The van der Waals surface area contributed by atoms with Gasteiger partial charge in [-0.1, -0.05) is 13.8 Å². The average molecular weight is 218 g/mol. The number of hydrogen-bond acceptors (Lipinski definition) is 3. The van der Waals surface area contributed by atoms with Crippen LogP contribution in [-0.2, 0) is 19.4 Å². The molecular weight excluding hydrogens is 200 g/mol. The number of nitrogens with one attached hydrogen (secondary N) is 1. The molecule has 2 rings (SSSR count). The summed E-state index contributed by atoms with van der Waals surface area (Å²) in [5.41, 5.74) is 8.84. The van der Waals surface area contributed by atoms with Crippen molar-refractivity contribution in [1.82, 2.24) is 15.0 Å². The van der Waals surface area contributed by atoms with E-state index in [0.29, 0.717) is 6.54 Å². The molecule has 4 nitrogen and oxygen atoms in total. The third kappa shape index (κ3) is 1.80. The van der Waals surface area contributed by atoms with Gasteiger partial charge in [-0.15, -0.1) is 0 Å². The van der Waals surface area contributed by atoms with Gasteiger partial charge >= 0.3 is 0 Å². The monoisotopic (exact) mass is 218 g/mol. The summed E-state index contributed by atoms with van der Waals surface area (Å²) >= 11 is 0. The molecule has 16 heavy (non-hydrogen) atoms. The molecular formula is C12H18N4. The smallest absolute Gasteiger partial charge is 0.141 e. The van der Waals surface area contributed by atoms with E-state index in [4.69, 9.17) is 5.73 Å². The number of nitrogens with zero attached hydrogens (tertiary/aromatic N) is 2. The van der Waals surface area contributed by atoms with Gasteiger partial charge < -0.3 is 10.7 Å². The number of aryl methyl sites for hydroxylation is 2. The van der Waals surface area contributed by atoms with Crippen LogP contribution in [0, 0.1) is 0 Å². The van der Waals surface area contributed by atoms with Crippen molar-refractivity contribution in [3.05, 3.63) is 23.3 Å². The highest BCUT2D eigenvalue weighted by molar-refractivity contribution is 5.82. The van der Waals surface area contributed by atoms with E-state index in [2.05, 4.69) is 28.8 Å². The maximum absolute atomic E-state index is 5.71. The largest absolute Gasteiger partial charge is 0.346 e. The van der Waals surface area contributed by atoms with Crippen molar-refractivity contribution in [1.29, 1.82) is 0 Å². The molecule has 0 aromatic carbocycles. The molecule has 2 aromatic rings.